The average molecular weight is 456 g/mol. The molecule has 0 radical (unpaired) electrons. The summed E-state index contributed by atoms with van der Waals surface area (Å²) in [5.41, 5.74) is 1.85. The number of benzene rings is 2. The van der Waals surface area contributed by atoms with E-state index in [0.29, 0.717) is 26.4 Å². The molecule has 3 rings (SSSR count). The summed E-state index contributed by atoms with van der Waals surface area (Å²) in [5, 5.41) is 3.76. The van der Waals surface area contributed by atoms with Crippen molar-refractivity contribution in [2.45, 2.75) is 13.3 Å². The van der Waals surface area contributed by atoms with Crippen LogP contribution in [-0.2, 0) is 19.1 Å². The lowest BCUT2D eigenvalue weighted by molar-refractivity contribution is -0.151. The highest BCUT2D eigenvalue weighted by Crippen LogP contribution is 2.31. The molecule has 1 aliphatic rings. The first-order valence-corrected chi connectivity index (χ1v) is 9.86. The Hall–Kier alpha value is -2.28. The Kier molecular flexibility index (Phi) is 6.67. The molecule has 1 fully saturated rings. The first-order valence-electron chi connectivity index (χ1n) is 8.73. The van der Waals surface area contributed by atoms with Crippen molar-refractivity contribution in [1.82, 2.24) is 0 Å². The highest BCUT2D eigenvalue weighted by Gasteiger charge is 2.37. The molecule has 9 heteroatoms. The first-order chi connectivity index (χ1) is 13.8. The van der Waals surface area contributed by atoms with Gasteiger partial charge >= 0.3 is 5.97 Å². The van der Waals surface area contributed by atoms with Crippen LogP contribution < -0.4 is 10.2 Å². The van der Waals surface area contributed by atoms with E-state index in [1.807, 2.05) is 6.92 Å². The Morgan fingerprint density at radius 1 is 1.14 bits per heavy atom. The molecule has 0 spiro atoms. The summed E-state index contributed by atoms with van der Waals surface area (Å²) in [7, 11) is 0. The van der Waals surface area contributed by atoms with E-state index in [9.17, 15) is 14.4 Å². The zero-order valence-corrected chi connectivity index (χ0v) is 17.6. The van der Waals surface area contributed by atoms with E-state index in [1.165, 1.54) is 11.0 Å². The standard InChI is InChI=1S/C20H17Cl3N2O4/c1-11-14(21)3-2-4-17(11)25-9-12(7-19(25)27)20(28)29-10-18(26)24-13-5-6-15(22)16(23)8-13/h2-6,8,12H,7,9-10H2,1H3,(H,24,26)/t12-/m1/s1. The third kappa shape index (κ3) is 5.01. The number of rotatable bonds is 5. The van der Waals surface area contributed by atoms with E-state index in [0.717, 1.165) is 5.56 Å². The maximum atomic E-state index is 12.4. The molecule has 1 saturated heterocycles. The van der Waals surface area contributed by atoms with E-state index >= 15 is 0 Å². The Morgan fingerprint density at radius 3 is 2.62 bits per heavy atom. The number of carbonyl (C=O) groups excluding carboxylic acids is 3. The maximum absolute atomic E-state index is 12.4. The van der Waals surface area contributed by atoms with Crippen molar-refractivity contribution in [3.8, 4) is 0 Å². The number of halogens is 3. The number of carbonyl (C=O) groups is 3. The lowest BCUT2D eigenvalue weighted by Crippen LogP contribution is -2.28. The van der Waals surface area contributed by atoms with Crippen LogP contribution in [0.3, 0.4) is 0 Å². The van der Waals surface area contributed by atoms with Crippen LogP contribution in [0.5, 0.6) is 0 Å². The molecule has 2 aromatic rings. The number of ether oxygens (including phenoxy) is 1. The molecule has 0 bridgehead atoms. The minimum absolute atomic E-state index is 0.0131. The smallest absolute Gasteiger partial charge is 0.311 e. The van der Waals surface area contributed by atoms with Crippen molar-refractivity contribution in [2.24, 2.45) is 5.92 Å². The van der Waals surface area contributed by atoms with Crippen LogP contribution in [0.1, 0.15) is 12.0 Å². The monoisotopic (exact) mass is 454 g/mol. The van der Waals surface area contributed by atoms with Crippen molar-refractivity contribution in [3.63, 3.8) is 0 Å². The van der Waals surface area contributed by atoms with Crippen LogP contribution in [0, 0.1) is 12.8 Å². The van der Waals surface area contributed by atoms with Crippen LogP contribution >= 0.6 is 34.8 Å². The van der Waals surface area contributed by atoms with Gasteiger partial charge in [0.15, 0.2) is 6.61 Å². The van der Waals surface area contributed by atoms with Gasteiger partial charge in [-0.25, -0.2) is 0 Å². The summed E-state index contributed by atoms with van der Waals surface area (Å²) < 4.78 is 5.09. The molecule has 2 aromatic carbocycles. The summed E-state index contributed by atoms with van der Waals surface area (Å²) in [6.07, 6.45) is 0.0131. The molecular formula is C20H17Cl3N2O4. The van der Waals surface area contributed by atoms with Gasteiger partial charge in [0.25, 0.3) is 5.91 Å². The normalized spacial score (nSPS) is 16.1. The lowest BCUT2D eigenvalue weighted by atomic mass is 10.1. The second-order valence-electron chi connectivity index (χ2n) is 6.57. The van der Waals surface area contributed by atoms with Gasteiger partial charge in [0, 0.05) is 29.4 Å². The fourth-order valence-corrected chi connectivity index (χ4v) is 3.48. The van der Waals surface area contributed by atoms with E-state index in [1.54, 1.807) is 30.3 Å². The van der Waals surface area contributed by atoms with Crippen LogP contribution in [0.25, 0.3) is 0 Å². The number of esters is 1. The SMILES string of the molecule is Cc1c(Cl)cccc1N1C[C@H](C(=O)OCC(=O)Nc2ccc(Cl)c(Cl)c2)CC1=O. The zero-order chi connectivity index (χ0) is 21.1. The summed E-state index contributed by atoms with van der Waals surface area (Å²) in [6, 6.07) is 9.87. The first kappa shape index (κ1) is 21.4. The van der Waals surface area contributed by atoms with Crippen molar-refractivity contribution >= 4 is 64.0 Å². The van der Waals surface area contributed by atoms with E-state index in [4.69, 9.17) is 39.5 Å². The predicted octanol–water partition coefficient (Wildman–Crippen LogP) is 4.49. The molecule has 0 aromatic heterocycles. The summed E-state index contributed by atoms with van der Waals surface area (Å²) in [5.74, 6) is -1.98. The van der Waals surface area contributed by atoms with Gasteiger partial charge in [-0.3, -0.25) is 14.4 Å². The third-order valence-corrected chi connectivity index (χ3v) is 5.69. The molecule has 2 amide bonds. The molecule has 1 N–H and O–H groups in total. The number of amides is 2. The largest absolute Gasteiger partial charge is 0.455 e. The van der Waals surface area contributed by atoms with Gasteiger partial charge in [-0.15, -0.1) is 0 Å². The molecule has 29 heavy (non-hydrogen) atoms. The van der Waals surface area contributed by atoms with E-state index in [2.05, 4.69) is 5.32 Å². The minimum atomic E-state index is -0.654. The van der Waals surface area contributed by atoms with Crippen LogP contribution in [0.4, 0.5) is 11.4 Å². The number of anilines is 2. The van der Waals surface area contributed by atoms with E-state index < -0.39 is 24.4 Å². The number of hydrogen-bond acceptors (Lipinski definition) is 4. The van der Waals surface area contributed by atoms with Crippen LogP contribution in [0.2, 0.25) is 15.1 Å². The summed E-state index contributed by atoms with van der Waals surface area (Å²) >= 11 is 17.8. The maximum Gasteiger partial charge on any atom is 0.311 e. The third-order valence-electron chi connectivity index (χ3n) is 4.54. The van der Waals surface area contributed by atoms with Gasteiger partial charge in [0.1, 0.15) is 0 Å². The molecular weight excluding hydrogens is 439 g/mol. The molecule has 0 aliphatic carbocycles. The second kappa shape index (κ2) is 9.03. The topological polar surface area (TPSA) is 75.7 Å². The minimum Gasteiger partial charge on any atom is -0.455 e. The Bertz CT molecular complexity index is 980. The van der Waals surface area contributed by atoms with Gasteiger partial charge in [0.2, 0.25) is 5.91 Å². The van der Waals surface area contributed by atoms with Gasteiger partial charge in [-0.1, -0.05) is 40.9 Å². The fraction of sp³-hybridized carbons (Fsp3) is 0.250. The molecule has 1 atom stereocenters. The van der Waals surface area contributed by atoms with Gasteiger partial charge in [0.05, 0.1) is 16.0 Å². The molecule has 1 aliphatic heterocycles. The number of nitrogens with one attached hydrogen (secondary N) is 1. The van der Waals surface area contributed by atoms with Crippen molar-refractivity contribution in [2.75, 3.05) is 23.4 Å². The summed E-state index contributed by atoms with van der Waals surface area (Å²) in [6.45, 7) is 1.51. The number of hydrogen-bond donors (Lipinski definition) is 1. The molecule has 6 nitrogen and oxygen atoms in total. The second-order valence-corrected chi connectivity index (χ2v) is 7.80. The van der Waals surface area contributed by atoms with Crippen LogP contribution in [-0.4, -0.2) is 30.9 Å². The molecule has 0 unspecified atom stereocenters. The highest BCUT2D eigenvalue weighted by molar-refractivity contribution is 6.42. The Morgan fingerprint density at radius 2 is 1.90 bits per heavy atom. The fourth-order valence-electron chi connectivity index (χ4n) is 3.01. The Labute approximate surface area is 182 Å². The van der Waals surface area contributed by atoms with Gasteiger partial charge < -0.3 is 15.0 Å². The van der Waals surface area contributed by atoms with Gasteiger partial charge in [-0.05, 0) is 42.8 Å². The zero-order valence-electron chi connectivity index (χ0n) is 15.4. The average Bonchev–Trinajstić information content (AvgIpc) is 3.06. The van der Waals surface area contributed by atoms with Crippen LogP contribution in [0.15, 0.2) is 36.4 Å². The number of nitrogens with zero attached hydrogens (tertiary/aromatic N) is 1. The van der Waals surface area contributed by atoms with Crippen molar-refractivity contribution in [3.05, 3.63) is 57.0 Å². The van der Waals surface area contributed by atoms with Gasteiger partial charge in [-0.2, -0.15) is 0 Å². The molecule has 1 heterocycles. The van der Waals surface area contributed by atoms with E-state index in [-0.39, 0.29) is 18.9 Å². The van der Waals surface area contributed by atoms with Crippen molar-refractivity contribution < 1.29 is 19.1 Å². The lowest BCUT2D eigenvalue weighted by Gasteiger charge is -2.19. The molecule has 152 valence electrons. The quantitative estimate of drug-likeness (QED) is 0.674. The molecule has 0 saturated carbocycles. The predicted molar refractivity (Wildman–Crippen MR) is 113 cm³/mol. The summed E-state index contributed by atoms with van der Waals surface area (Å²) in [4.78, 5) is 38.2. The Balaban J connectivity index is 1.56. The van der Waals surface area contributed by atoms with Crippen molar-refractivity contribution in [1.29, 1.82) is 0 Å². The highest BCUT2D eigenvalue weighted by atomic mass is 35.5.